The van der Waals surface area contributed by atoms with Gasteiger partial charge in [0.2, 0.25) is 5.60 Å². The summed E-state index contributed by atoms with van der Waals surface area (Å²) >= 11 is 0. The van der Waals surface area contributed by atoms with Crippen molar-refractivity contribution in [3.05, 3.63) is 120 Å². The monoisotopic (exact) mass is 500 g/mol. The van der Waals surface area contributed by atoms with Crippen molar-refractivity contribution < 1.29 is 26.7 Å². The minimum Gasteiger partial charge on any atom is -0.372 e. The smallest absolute Gasteiger partial charge is 0.372 e. The van der Waals surface area contributed by atoms with E-state index in [-0.39, 0.29) is 16.1 Å². The molecule has 4 aromatic rings. The molecule has 0 saturated heterocycles. The second-order valence-electron chi connectivity index (χ2n) is 8.10. The summed E-state index contributed by atoms with van der Waals surface area (Å²) in [5, 5.41) is 11.0. The quantitative estimate of drug-likeness (QED) is 0.381. The van der Waals surface area contributed by atoms with Crippen LogP contribution in [0.25, 0.3) is 0 Å². The van der Waals surface area contributed by atoms with E-state index < -0.39 is 27.4 Å². The molecule has 3 aromatic carbocycles. The summed E-state index contributed by atoms with van der Waals surface area (Å²) in [6, 6.07) is 22.8. The summed E-state index contributed by atoms with van der Waals surface area (Å²) in [4.78, 5) is 0.0538. The van der Waals surface area contributed by atoms with E-state index in [1.807, 2.05) is 30.3 Å². The molecule has 0 fully saturated rings. The topological polar surface area (TPSA) is 62.5 Å². The van der Waals surface area contributed by atoms with Gasteiger partial charge < -0.3 is 9.67 Å². The second kappa shape index (κ2) is 9.24. The van der Waals surface area contributed by atoms with Crippen molar-refractivity contribution >= 4 is 15.7 Å². The first-order valence-electron chi connectivity index (χ1n) is 10.7. The predicted molar refractivity (Wildman–Crippen MR) is 128 cm³/mol. The molecular weight excluding hydrogens is 477 g/mol. The molecule has 1 N–H and O–H groups in total. The van der Waals surface area contributed by atoms with Crippen LogP contribution >= 0.6 is 0 Å². The Hall–Kier alpha value is -3.56. The Labute approximate surface area is 201 Å². The zero-order chi connectivity index (χ0) is 25.3. The molecule has 182 valence electrons. The summed E-state index contributed by atoms with van der Waals surface area (Å²) in [6.07, 6.45) is -2.27. The summed E-state index contributed by atoms with van der Waals surface area (Å²) in [5.74, 6) is 0. The molecule has 0 aliphatic carbocycles. The van der Waals surface area contributed by atoms with E-state index in [0.717, 1.165) is 22.0 Å². The van der Waals surface area contributed by atoms with Gasteiger partial charge >= 0.3 is 6.18 Å². The average molecular weight is 501 g/mol. The molecule has 0 bridgehead atoms. The third kappa shape index (κ3) is 4.69. The van der Waals surface area contributed by atoms with Crippen molar-refractivity contribution in [3.63, 3.8) is 0 Å². The summed E-state index contributed by atoms with van der Waals surface area (Å²) in [6.45, 7) is 0.343. The van der Waals surface area contributed by atoms with Crippen molar-refractivity contribution in [3.8, 4) is 0 Å². The van der Waals surface area contributed by atoms with Gasteiger partial charge in [-0.2, -0.15) is 13.2 Å². The largest absolute Gasteiger partial charge is 0.425 e. The van der Waals surface area contributed by atoms with Gasteiger partial charge in [-0.1, -0.05) is 60.7 Å². The molecular formula is C26H23F3N2O3S. The number of rotatable bonds is 7. The summed E-state index contributed by atoms with van der Waals surface area (Å²) in [5.41, 5.74) is -2.97. The van der Waals surface area contributed by atoms with E-state index in [2.05, 4.69) is 0 Å². The highest BCUT2D eigenvalue weighted by atomic mass is 32.2. The SMILES string of the molecule is CN(c1ccc(C(O)(c2ccn(Cc3ccccc3)c2)C(F)(F)F)cc1)S(=O)(=O)c1ccccc1. The second-order valence-corrected chi connectivity index (χ2v) is 10.1. The van der Waals surface area contributed by atoms with Gasteiger partial charge in [-0.15, -0.1) is 0 Å². The average Bonchev–Trinajstić information content (AvgIpc) is 3.32. The Balaban J connectivity index is 1.66. The van der Waals surface area contributed by atoms with E-state index in [1.54, 1.807) is 22.8 Å². The number of halogens is 3. The van der Waals surface area contributed by atoms with Crippen LogP contribution in [0.1, 0.15) is 16.7 Å². The maximum Gasteiger partial charge on any atom is 0.425 e. The number of alkyl halides is 3. The maximum absolute atomic E-state index is 14.2. The minimum atomic E-state index is -5.02. The first kappa shape index (κ1) is 24.6. The molecule has 0 saturated carbocycles. The summed E-state index contributed by atoms with van der Waals surface area (Å²) in [7, 11) is -2.59. The van der Waals surface area contributed by atoms with Crippen molar-refractivity contribution in [2.45, 2.75) is 23.2 Å². The first-order valence-corrected chi connectivity index (χ1v) is 12.1. The zero-order valence-electron chi connectivity index (χ0n) is 18.7. The van der Waals surface area contributed by atoms with Crippen molar-refractivity contribution in [2.75, 3.05) is 11.4 Å². The van der Waals surface area contributed by atoms with E-state index in [9.17, 15) is 26.7 Å². The number of hydrogen-bond donors (Lipinski definition) is 1. The van der Waals surface area contributed by atoms with Gasteiger partial charge in [0.05, 0.1) is 10.6 Å². The highest BCUT2D eigenvalue weighted by Gasteiger charge is 2.56. The molecule has 9 heteroatoms. The van der Waals surface area contributed by atoms with Crippen molar-refractivity contribution in [1.29, 1.82) is 0 Å². The fourth-order valence-electron chi connectivity index (χ4n) is 3.84. The lowest BCUT2D eigenvalue weighted by Gasteiger charge is -2.31. The third-order valence-corrected chi connectivity index (χ3v) is 7.64. The Kier molecular flexibility index (Phi) is 6.48. The van der Waals surface area contributed by atoms with Gasteiger partial charge in [0.15, 0.2) is 0 Å². The normalized spacial score (nSPS) is 13.9. The van der Waals surface area contributed by atoms with Crippen molar-refractivity contribution in [1.82, 2.24) is 4.57 Å². The molecule has 0 aliphatic rings. The highest BCUT2D eigenvalue weighted by Crippen LogP contribution is 2.44. The van der Waals surface area contributed by atoms with E-state index in [1.165, 1.54) is 49.8 Å². The molecule has 1 heterocycles. The predicted octanol–water partition coefficient (Wildman–Crippen LogP) is 5.16. The number of sulfonamides is 1. The first-order chi connectivity index (χ1) is 16.5. The Bertz CT molecular complexity index is 1390. The molecule has 4 rings (SSSR count). The molecule has 1 unspecified atom stereocenters. The van der Waals surface area contributed by atoms with Crippen LogP contribution in [0.4, 0.5) is 18.9 Å². The van der Waals surface area contributed by atoms with Gasteiger partial charge in [-0.25, -0.2) is 8.42 Å². The van der Waals surface area contributed by atoms with Crippen LogP contribution in [-0.4, -0.2) is 31.3 Å². The fourth-order valence-corrected chi connectivity index (χ4v) is 5.06. The number of nitrogens with zero attached hydrogens (tertiary/aromatic N) is 2. The molecule has 0 amide bonds. The number of benzene rings is 3. The van der Waals surface area contributed by atoms with Gasteiger partial charge in [0.25, 0.3) is 10.0 Å². The molecule has 5 nitrogen and oxygen atoms in total. The number of aliphatic hydroxyl groups is 1. The molecule has 0 spiro atoms. The molecule has 0 aliphatic heterocycles. The number of anilines is 1. The zero-order valence-corrected chi connectivity index (χ0v) is 19.5. The molecule has 1 atom stereocenters. The molecule has 1 aromatic heterocycles. The van der Waals surface area contributed by atoms with Gasteiger partial charge in [-0.3, -0.25) is 4.31 Å². The lowest BCUT2D eigenvalue weighted by atomic mass is 9.87. The third-order valence-electron chi connectivity index (χ3n) is 5.84. The van der Waals surface area contributed by atoms with E-state index >= 15 is 0 Å². The van der Waals surface area contributed by atoms with Gasteiger partial charge in [-0.05, 0) is 41.5 Å². The van der Waals surface area contributed by atoms with E-state index in [4.69, 9.17) is 0 Å². The summed E-state index contributed by atoms with van der Waals surface area (Å²) < 4.78 is 70.9. The van der Waals surface area contributed by atoms with Crippen LogP contribution in [0.15, 0.2) is 108 Å². The van der Waals surface area contributed by atoms with Crippen LogP contribution in [0.3, 0.4) is 0 Å². The lowest BCUT2D eigenvalue weighted by molar-refractivity contribution is -0.248. The number of hydrogen-bond acceptors (Lipinski definition) is 3. The number of aromatic nitrogens is 1. The van der Waals surface area contributed by atoms with Crippen LogP contribution < -0.4 is 4.31 Å². The Morgan fingerprint density at radius 2 is 1.40 bits per heavy atom. The van der Waals surface area contributed by atoms with Crippen molar-refractivity contribution in [2.24, 2.45) is 0 Å². The Morgan fingerprint density at radius 3 is 1.97 bits per heavy atom. The molecule has 0 radical (unpaired) electrons. The maximum atomic E-state index is 14.2. The van der Waals surface area contributed by atoms with Crippen LogP contribution in [-0.2, 0) is 22.2 Å². The van der Waals surface area contributed by atoms with Gasteiger partial charge in [0, 0.05) is 31.5 Å². The highest BCUT2D eigenvalue weighted by molar-refractivity contribution is 7.92. The standard InChI is InChI=1S/C26H23F3N2O3S/c1-30(35(33,34)24-10-6-3-7-11-24)23-14-12-21(13-15-23)25(32,26(27,28)29)22-16-17-31(19-22)18-20-8-4-2-5-9-20/h2-17,19,32H,18H2,1H3. The van der Waals surface area contributed by atoms with Crippen LogP contribution in [0.5, 0.6) is 0 Å². The van der Waals surface area contributed by atoms with Crippen LogP contribution in [0.2, 0.25) is 0 Å². The van der Waals surface area contributed by atoms with E-state index in [0.29, 0.717) is 6.54 Å². The Morgan fingerprint density at radius 1 is 0.829 bits per heavy atom. The van der Waals surface area contributed by atoms with Gasteiger partial charge in [0.1, 0.15) is 0 Å². The molecule has 35 heavy (non-hydrogen) atoms. The van der Waals surface area contributed by atoms with Crippen LogP contribution in [0, 0.1) is 0 Å². The lowest BCUT2D eigenvalue weighted by Crippen LogP contribution is -2.43. The minimum absolute atomic E-state index is 0.0538. The fraction of sp³-hybridized carbons (Fsp3) is 0.154.